The first kappa shape index (κ1) is 14.7. The third kappa shape index (κ3) is 4.70. The fourth-order valence-corrected chi connectivity index (χ4v) is 3.19. The number of benzene rings is 1. The number of hydrogen-bond acceptors (Lipinski definition) is 2. The Morgan fingerprint density at radius 3 is 2.79 bits per heavy atom. The first-order chi connectivity index (χ1) is 8.97. The van der Waals surface area contributed by atoms with Crippen molar-refractivity contribution < 1.29 is 4.74 Å². The number of aryl methyl sites for hydroxylation is 1. The summed E-state index contributed by atoms with van der Waals surface area (Å²) in [5.74, 6) is 1.06. The minimum absolute atomic E-state index is 0.136. The Balaban J connectivity index is 1.70. The molecular weight excluding hydrogens is 252 g/mol. The maximum atomic E-state index is 5.61. The summed E-state index contributed by atoms with van der Waals surface area (Å²) in [6.07, 6.45) is 5.13. The van der Waals surface area contributed by atoms with Crippen LogP contribution < -0.4 is 0 Å². The molecule has 0 radical (unpaired) electrons. The Hall–Kier alpha value is -0.730. The quantitative estimate of drug-likeness (QED) is 0.412. The van der Waals surface area contributed by atoms with Gasteiger partial charge in [0, 0.05) is 10.6 Å². The lowest BCUT2D eigenvalue weighted by molar-refractivity contribution is 0.320. The van der Waals surface area contributed by atoms with Crippen molar-refractivity contribution in [3.05, 3.63) is 41.5 Å². The van der Waals surface area contributed by atoms with E-state index >= 15 is 0 Å². The van der Waals surface area contributed by atoms with Gasteiger partial charge >= 0.3 is 0 Å². The average molecular weight is 276 g/mol. The fraction of sp³-hybridized carbons (Fsp3) is 0.529. The SMILES string of the molecule is CC(=CCSc1cccc(C)c1)CCC1OC1(C)C. The molecule has 0 bridgehead atoms. The summed E-state index contributed by atoms with van der Waals surface area (Å²) < 4.78 is 5.61. The predicted octanol–water partition coefficient (Wildman–Crippen LogP) is 4.99. The molecular formula is C17H24OS. The van der Waals surface area contributed by atoms with E-state index in [0.717, 1.165) is 18.6 Å². The number of rotatable bonds is 6. The van der Waals surface area contributed by atoms with Crippen LogP contribution >= 0.6 is 11.8 Å². The van der Waals surface area contributed by atoms with Gasteiger partial charge in [0.05, 0.1) is 11.7 Å². The summed E-state index contributed by atoms with van der Waals surface area (Å²) in [6.45, 7) is 8.71. The highest BCUT2D eigenvalue weighted by Crippen LogP contribution is 2.38. The van der Waals surface area contributed by atoms with E-state index in [2.05, 4.69) is 58.0 Å². The van der Waals surface area contributed by atoms with Crippen molar-refractivity contribution in [3.63, 3.8) is 0 Å². The summed E-state index contributed by atoms with van der Waals surface area (Å²) in [6, 6.07) is 8.69. The molecule has 2 heteroatoms. The van der Waals surface area contributed by atoms with Gasteiger partial charge < -0.3 is 4.74 Å². The second-order valence-corrected chi connectivity index (χ2v) is 7.02. The highest BCUT2D eigenvalue weighted by molar-refractivity contribution is 7.99. The lowest BCUT2D eigenvalue weighted by Crippen LogP contribution is -2.02. The van der Waals surface area contributed by atoms with Gasteiger partial charge in [-0.3, -0.25) is 0 Å². The zero-order valence-electron chi connectivity index (χ0n) is 12.4. The second-order valence-electron chi connectivity index (χ2n) is 5.93. The molecule has 0 aromatic heterocycles. The van der Waals surface area contributed by atoms with Crippen molar-refractivity contribution >= 4 is 11.8 Å². The van der Waals surface area contributed by atoms with Gasteiger partial charge in [0.15, 0.2) is 0 Å². The fourth-order valence-electron chi connectivity index (χ4n) is 2.19. The van der Waals surface area contributed by atoms with E-state index in [9.17, 15) is 0 Å². The molecule has 1 aromatic carbocycles. The van der Waals surface area contributed by atoms with Crippen LogP contribution in [0, 0.1) is 6.92 Å². The van der Waals surface area contributed by atoms with Crippen molar-refractivity contribution in [2.75, 3.05) is 5.75 Å². The molecule has 2 rings (SSSR count). The van der Waals surface area contributed by atoms with Crippen molar-refractivity contribution in [1.82, 2.24) is 0 Å². The molecule has 0 spiro atoms. The van der Waals surface area contributed by atoms with E-state index in [0.29, 0.717) is 6.10 Å². The Morgan fingerprint density at radius 2 is 2.16 bits per heavy atom. The molecule has 104 valence electrons. The van der Waals surface area contributed by atoms with E-state index in [1.54, 1.807) is 0 Å². The maximum absolute atomic E-state index is 5.61. The summed E-state index contributed by atoms with van der Waals surface area (Å²) in [7, 11) is 0. The third-order valence-corrected chi connectivity index (χ3v) is 4.56. The van der Waals surface area contributed by atoms with Gasteiger partial charge in [0.2, 0.25) is 0 Å². The van der Waals surface area contributed by atoms with Crippen LogP contribution in [-0.4, -0.2) is 17.5 Å². The van der Waals surface area contributed by atoms with Crippen molar-refractivity contribution in [2.24, 2.45) is 0 Å². The van der Waals surface area contributed by atoms with Crippen LogP contribution in [0.15, 0.2) is 40.8 Å². The first-order valence-electron chi connectivity index (χ1n) is 7.00. The normalized spacial score (nSPS) is 21.5. The Bertz CT molecular complexity index is 462. The maximum Gasteiger partial charge on any atom is 0.0892 e. The van der Waals surface area contributed by atoms with Crippen LogP contribution in [-0.2, 0) is 4.74 Å². The molecule has 1 fully saturated rings. The standard InChI is InChI=1S/C17H24OS/c1-13(8-9-16-17(3,4)18-16)10-11-19-15-7-5-6-14(2)12-15/h5-7,10,12,16H,8-9,11H2,1-4H3. The van der Waals surface area contributed by atoms with Crippen LogP contribution in [0.3, 0.4) is 0 Å². The van der Waals surface area contributed by atoms with Crippen LogP contribution in [0.1, 0.15) is 39.2 Å². The molecule has 1 saturated heterocycles. The Kier molecular flexibility index (Phi) is 4.75. The number of ether oxygens (including phenoxy) is 1. The number of allylic oxidation sites excluding steroid dienone is 1. The molecule has 1 aliphatic heterocycles. The van der Waals surface area contributed by atoms with Gasteiger partial charge in [-0.15, -0.1) is 11.8 Å². The van der Waals surface area contributed by atoms with E-state index in [1.165, 1.54) is 16.0 Å². The highest BCUT2D eigenvalue weighted by atomic mass is 32.2. The zero-order valence-corrected chi connectivity index (χ0v) is 13.2. The van der Waals surface area contributed by atoms with E-state index in [1.807, 2.05) is 11.8 Å². The molecule has 1 unspecified atom stereocenters. The van der Waals surface area contributed by atoms with Crippen LogP contribution in [0.2, 0.25) is 0 Å². The van der Waals surface area contributed by atoms with Crippen molar-refractivity contribution in [2.45, 2.75) is 57.1 Å². The lowest BCUT2D eigenvalue weighted by Gasteiger charge is -2.02. The monoisotopic (exact) mass is 276 g/mol. The summed E-state index contributed by atoms with van der Waals surface area (Å²) in [5, 5.41) is 0. The molecule has 0 N–H and O–H groups in total. The summed E-state index contributed by atoms with van der Waals surface area (Å²) in [4.78, 5) is 1.36. The molecule has 19 heavy (non-hydrogen) atoms. The highest BCUT2D eigenvalue weighted by Gasteiger charge is 2.46. The zero-order chi connectivity index (χ0) is 13.9. The Labute approximate surface area is 121 Å². The minimum atomic E-state index is 0.136. The molecule has 0 aliphatic carbocycles. The smallest absolute Gasteiger partial charge is 0.0892 e. The van der Waals surface area contributed by atoms with Gasteiger partial charge in [-0.2, -0.15) is 0 Å². The van der Waals surface area contributed by atoms with Gasteiger partial charge in [0.25, 0.3) is 0 Å². The molecule has 1 aromatic rings. The van der Waals surface area contributed by atoms with Crippen LogP contribution in [0.4, 0.5) is 0 Å². The van der Waals surface area contributed by atoms with Gasteiger partial charge in [-0.05, 0) is 52.7 Å². The largest absolute Gasteiger partial charge is 0.367 e. The summed E-state index contributed by atoms with van der Waals surface area (Å²) >= 11 is 1.90. The Morgan fingerprint density at radius 1 is 1.42 bits per heavy atom. The topological polar surface area (TPSA) is 12.5 Å². The number of thioether (sulfide) groups is 1. The van der Waals surface area contributed by atoms with E-state index < -0.39 is 0 Å². The number of epoxide rings is 1. The van der Waals surface area contributed by atoms with E-state index in [4.69, 9.17) is 4.74 Å². The number of hydrogen-bond donors (Lipinski definition) is 0. The second kappa shape index (κ2) is 6.15. The lowest BCUT2D eigenvalue weighted by atomic mass is 10.0. The van der Waals surface area contributed by atoms with Crippen LogP contribution in [0.5, 0.6) is 0 Å². The van der Waals surface area contributed by atoms with Gasteiger partial charge in [-0.1, -0.05) is 29.3 Å². The minimum Gasteiger partial charge on any atom is -0.367 e. The predicted molar refractivity (Wildman–Crippen MR) is 83.8 cm³/mol. The van der Waals surface area contributed by atoms with Crippen LogP contribution in [0.25, 0.3) is 0 Å². The first-order valence-corrected chi connectivity index (χ1v) is 7.99. The van der Waals surface area contributed by atoms with Crippen molar-refractivity contribution in [3.8, 4) is 0 Å². The van der Waals surface area contributed by atoms with Gasteiger partial charge in [0.1, 0.15) is 0 Å². The molecule has 1 aliphatic rings. The molecule has 1 atom stereocenters. The molecule has 0 amide bonds. The van der Waals surface area contributed by atoms with Gasteiger partial charge in [-0.25, -0.2) is 0 Å². The summed E-state index contributed by atoms with van der Waals surface area (Å²) in [5.41, 5.74) is 2.95. The average Bonchev–Trinajstić information content (AvgIpc) is 2.95. The third-order valence-electron chi connectivity index (χ3n) is 3.64. The molecule has 0 saturated carbocycles. The van der Waals surface area contributed by atoms with E-state index in [-0.39, 0.29) is 5.60 Å². The molecule has 1 heterocycles. The molecule has 1 nitrogen and oxygen atoms in total. The van der Waals surface area contributed by atoms with Crippen molar-refractivity contribution in [1.29, 1.82) is 0 Å².